The van der Waals surface area contributed by atoms with Crippen molar-refractivity contribution in [2.45, 2.75) is 32.7 Å². The van der Waals surface area contributed by atoms with Crippen LogP contribution in [-0.4, -0.2) is 36.5 Å². The first kappa shape index (κ1) is 18.0. The summed E-state index contributed by atoms with van der Waals surface area (Å²) < 4.78 is 22.8. The Morgan fingerprint density at radius 2 is 1.95 bits per heavy atom. The topological polar surface area (TPSA) is 47.6 Å². The molecule has 0 amide bonds. The second-order valence-electron chi connectivity index (χ2n) is 4.93. The van der Waals surface area contributed by atoms with Crippen molar-refractivity contribution < 1.29 is 13.7 Å². The predicted octanol–water partition coefficient (Wildman–Crippen LogP) is 2.90. The minimum Gasteiger partial charge on any atom is -0.497 e. The zero-order chi connectivity index (χ0) is 15.7. The van der Waals surface area contributed by atoms with Crippen molar-refractivity contribution in [3.05, 3.63) is 23.8 Å². The van der Waals surface area contributed by atoms with E-state index in [-0.39, 0.29) is 6.04 Å². The first-order chi connectivity index (χ1) is 10.2. The highest BCUT2D eigenvalue weighted by molar-refractivity contribution is 7.85. The molecule has 0 spiro atoms. The van der Waals surface area contributed by atoms with Crippen LogP contribution in [0.25, 0.3) is 0 Å². The van der Waals surface area contributed by atoms with Gasteiger partial charge in [0.05, 0.1) is 14.2 Å². The molecule has 1 aromatic rings. The number of hydrogen-bond donors (Lipinski definition) is 1. The maximum Gasteiger partial charge on any atom is 0.127 e. The molecule has 1 N–H and O–H groups in total. The van der Waals surface area contributed by atoms with Crippen LogP contribution in [-0.2, 0) is 10.8 Å². The van der Waals surface area contributed by atoms with Crippen molar-refractivity contribution in [1.82, 2.24) is 5.32 Å². The highest BCUT2D eigenvalue weighted by Gasteiger charge is 2.18. The van der Waals surface area contributed by atoms with Crippen LogP contribution in [0.3, 0.4) is 0 Å². The minimum atomic E-state index is -0.821. The van der Waals surface area contributed by atoms with Gasteiger partial charge in [-0.25, -0.2) is 0 Å². The molecule has 0 aromatic heterocycles. The highest BCUT2D eigenvalue weighted by atomic mass is 32.2. The number of benzene rings is 1. The van der Waals surface area contributed by atoms with E-state index in [9.17, 15) is 4.21 Å². The molecule has 0 aliphatic carbocycles. The summed E-state index contributed by atoms with van der Waals surface area (Å²) in [5.41, 5.74) is 1.04. The average molecular weight is 313 g/mol. The van der Waals surface area contributed by atoms with E-state index >= 15 is 0 Å². The molecule has 2 atom stereocenters. The number of ether oxygens (including phenoxy) is 2. The van der Waals surface area contributed by atoms with E-state index in [0.717, 1.165) is 42.2 Å². The molecule has 120 valence electrons. The van der Waals surface area contributed by atoms with E-state index < -0.39 is 10.8 Å². The monoisotopic (exact) mass is 313 g/mol. The molecule has 21 heavy (non-hydrogen) atoms. The molecule has 1 rings (SSSR count). The fourth-order valence-electron chi connectivity index (χ4n) is 2.18. The SMILES string of the molecule is CCCNC(CS(=O)CCC)c1ccc(OC)cc1OC. The molecule has 0 aliphatic heterocycles. The van der Waals surface area contributed by atoms with Gasteiger partial charge in [0.15, 0.2) is 0 Å². The smallest absolute Gasteiger partial charge is 0.127 e. The van der Waals surface area contributed by atoms with Crippen LogP contribution in [0.4, 0.5) is 0 Å². The first-order valence-corrected chi connectivity index (χ1v) is 8.95. The molecule has 0 radical (unpaired) electrons. The lowest BCUT2D eigenvalue weighted by molar-refractivity contribution is 0.386. The summed E-state index contributed by atoms with van der Waals surface area (Å²) in [6.07, 6.45) is 1.97. The molecule has 0 saturated heterocycles. The summed E-state index contributed by atoms with van der Waals surface area (Å²) in [5, 5.41) is 3.47. The summed E-state index contributed by atoms with van der Waals surface area (Å²) in [6, 6.07) is 5.83. The summed E-state index contributed by atoms with van der Waals surface area (Å²) in [7, 11) is 2.47. The second-order valence-corrected chi connectivity index (χ2v) is 6.55. The number of nitrogens with one attached hydrogen (secondary N) is 1. The molecule has 0 fully saturated rings. The van der Waals surface area contributed by atoms with Crippen molar-refractivity contribution in [2.24, 2.45) is 0 Å². The number of hydrogen-bond acceptors (Lipinski definition) is 4. The van der Waals surface area contributed by atoms with Crippen LogP contribution >= 0.6 is 0 Å². The maximum atomic E-state index is 12.1. The highest BCUT2D eigenvalue weighted by Crippen LogP contribution is 2.30. The van der Waals surface area contributed by atoms with Gasteiger partial charge in [-0.2, -0.15) is 0 Å². The molecule has 1 aromatic carbocycles. The lowest BCUT2D eigenvalue weighted by atomic mass is 10.1. The second kappa shape index (κ2) is 9.79. The van der Waals surface area contributed by atoms with Crippen LogP contribution in [0.2, 0.25) is 0 Å². The quantitative estimate of drug-likeness (QED) is 0.721. The van der Waals surface area contributed by atoms with Gasteiger partial charge in [0.1, 0.15) is 11.5 Å². The van der Waals surface area contributed by atoms with Gasteiger partial charge >= 0.3 is 0 Å². The maximum absolute atomic E-state index is 12.1. The van der Waals surface area contributed by atoms with Gasteiger partial charge in [0, 0.05) is 40.0 Å². The lowest BCUT2D eigenvalue weighted by Gasteiger charge is -2.21. The molecule has 0 heterocycles. The van der Waals surface area contributed by atoms with Gasteiger partial charge in [-0.1, -0.05) is 19.9 Å². The van der Waals surface area contributed by atoms with E-state index in [4.69, 9.17) is 9.47 Å². The normalized spacial score (nSPS) is 13.7. The van der Waals surface area contributed by atoms with E-state index in [1.807, 2.05) is 18.2 Å². The molecule has 2 unspecified atom stereocenters. The van der Waals surface area contributed by atoms with Crippen LogP contribution in [0, 0.1) is 0 Å². The fourth-order valence-corrected chi connectivity index (χ4v) is 3.47. The Morgan fingerprint density at radius 3 is 2.52 bits per heavy atom. The Bertz CT molecular complexity index is 451. The standard InChI is InChI=1S/C16H27NO3S/c1-5-9-17-15(12-21(18)10-6-2)14-8-7-13(19-3)11-16(14)20-4/h7-8,11,15,17H,5-6,9-10,12H2,1-4H3. The Balaban J connectivity index is 2.98. The van der Waals surface area contributed by atoms with Gasteiger partial charge < -0.3 is 14.8 Å². The largest absolute Gasteiger partial charge is 0.497 e. The molecule has 4 nitrogen and oxygen atoms in total. The number of rotatable bonds is 10. The Kier molecular flexibility index (Phi) is 8.38. The van der Waals surface area contributed by atoms with Crippen molar-refractivity contribution in [3.63, 3.8) is 0 Å². The molecule has 0 saturated carbocycles. The zero-order valence-corrected chi connectivity index (χ0v) is 14.3. The van der Waals surface area contributed by atoms with Crippen molar-refractivity contribution >= 4 is 10.8 Å². The first-order valence-electron chi connectivity index (χ1n) is 7.46. The third-order valence-electron chi connectivity index (χ3n) is 3.24. The summed E-state index contributed by atoms with van der Waals surface area (Å²) >= 11 is 0. The molecular weight excluding hydrogens is 286 g/mol. The summed E-state index contributed by atoms with van der Waals surface area (Å²) in [5.74, 6) is 2.88. The van der Waals surface area contributed by atoms with Gasteiger partial charge in [-0.05, 0) is 25.5 Å². The predicted molar refractivity (Wildman–Crippen MR) is 88.7 cm³/mol. The van der Waals surface area contributed by atoms with Crippen molar-refractivity contribution in [2.75, 3.05) is 32.3 Å². The fraction of sp³-hybridized carbons (Fsp3) is 0.625. The molecule has 0 aliphatic rings. The minimum absolute atomic E-state index is 0.0400. The number of methoxy groups -OCH3 is 2. The van der Waals surface area contributed by atoms with Gasteiger partial charge in [-0.3, -0.25) is 4.21 Å². The van der Waals surface area contributed by atoms with E-state index in [0.29, 0.717) is 5.75 Å². The Hall–Kier alpha value is -1.07. The van der Waals surface area contributed by atoms with E-state index in [2.05, 4.69) is 19.2 Å². The van der Waals surface area contributed by atoms with Gasteiger partial charge in [0.25, 0.3) is 0 Å². The molecule has 5 heteroatoms. The third kappa shape index (κ3) is 5.67. The Labute approximate surface area is 130 Å². The third-order valence-corrected chi connectivity index (χ3v) is 4.81. The van der Waals surface area contributed by atoms with Crippen molar-refractivity contribution in [1.29, 1.82) is 0 Å². The van der Waals surface area contributed by atoms with Crippen LogP contribution in [0.15, 0.2) is 18.2 Å². The van der Waals surface area contributed by atoms with E-state index in [1.165, 1.54) is 0 Å². The summed E-state index contributed by atoms with van der Waals surface area (Å²) in [6.45, 7) is 5.07. The lowest BCUT2D eigenvalue weighted by Crippen LogP contribution is -2.28. The molecule has 0 bridgehead atoms. The van der Waals surface area contributed by atoms with Gasteiger partial charge in [-0.15, -0.1) is 0 Å². The molecular formula is C16H27NO3S. The Morgan fingerprint density at radius 1 is 1.19 bits per heavy atom. The van der Waals surface area contributed by atoms with Crippen molar-refractivity contribution in [3.8, 4) is 11.5 Å². The van der Waals surface area contributed by atoms with Crippen LogP contribution in [0.5, 0.6) is 11.5 Å². The zero-order valence-electron chi connectivity index (χ0n) is 13.5. The van der Waals surface area contributed by atoms with E-state index in [1.54, 1.807) is 14.2 Å². The van der Waals surface area contributed by atoms with Crippen LogP contribution < -0.4 is 14.8 Å². The van der Waals surface area contributed by atoms with Gasteiger partial charge in [0.2, 0.25) is 0 Å². The summed E-state index contributed by atoms with van der Waals surface area (Å²) in [4.78, 5) is 0. The van der Waals surface area contributed by atoms with Crippen LogP contribution in [0.1, 0.15) is 38.3 Å². The average Bonchev–Trinajstić information content (AvgIpc) is 2.51.